The van der Waals surface area contributed by atoms with Gasteiger partial charge in [-0.3, -0.25) is 9.69 Å². The van der Waals surface area contributed by atoms with Crippen LogP contribution in [0.15, 0.2) is 54.6 Å². The number of piperidine rings is 1. The van der Waals surface area contributed by atoms with Crippen molar-refractivity contribution in [3.8, 4) is 11.3 Å². The van der Waals surface area contributed by atoms with Gasteiger partial charge in [-0.25, -0.2) is 0 Å². The van der Waals surface area contributed by atoms with Gasteiger partial charge in [0.05, 0.1) is 11.3 Å². The quantitative estimate of drug-likeness (QED) is 0.593. The maximum atomic E-state index is 13.6. The third-order valence-electron chi connectivity index (χ3n) is 7.10. The number of benzene rings is 2. The van der Waals surface area contributed by atoms with Crippen molar-refractivity contribution in [1.82, 2.24) is 14.8 Å². The van der Waals surface area contributed by atoms with E-state index < -0.39 is 0 Å². The van der Waals surface area contributed by atoms with E-state index in [0.717, 1.165) is 40.6 Å². The van der Waals surface area contributed by atoms with Gasteiger partial charge in [0.15, 0.2) is 0 Å². The normalized spacial score (nSPS) is 23.2. The van der Waals surface area contributed by atoms with Gasteiger partial charge in [0, 0.05) is 42.1 Å². The SMILES string of the molecule is CC(C)N1[C@@H]2CC[C@H]1C[C@@H](NC(=O)c1c(-c3ccccc3)n(C)c3ccccc13)C2.Cl. The van der Waals surface area contributed by atoms with Crippen LogP contribution in [0.2, 0.25) is 0 Å². The van der Waals surface area contributed by atoms with Crippen molar-refractivity contribution in [3.63, 3.8) is 0 Å². The second kappa shape index (κ2) is 8.68. The van der Waals surface area contributed by atoms with E-state index in [1.165, 1.54) is 12.8 Å². The zero-order valence-corrected chi connectivity index (χ0v) is 19.4. The number of nitrogens with zero attached hydrogens (tertiary/aromatic N) is 2. The first kappa shape index (κ1) is 21.9. The molecule has 1 amide bonds. The summed E-state index contributed by atoms with van der Waals surface area (Å²) in [5.74, 6) is 0.0630. The molecule has 2 saturated heterocycles. The Morgan fingerprint density at radius 2 is 1.58 bits per heavy atom. The van der Waals surface area contributed by atoms with Crippen LogP contribution in [-0.4, -0.2) is 39.5 Å². The Morgan fingerprint density at radius 1 is 0.968 bits per heavy atom. The first-order chi connectivity index (χ1) is 14.5. The lowest BCUT2D eigenvalue weighted by molar-refractivity contribution is 0.0740. The van der Waals surface area contributed by atoms with Crippen molar-refractivity contribution in [2.45, 2.75) is 63.7 Å². The van der Waals surface area contributed by atoms with Crippen molar-refractivity contribution in [1.29, 1.82) is 0 Å². The van der Waals surface area contributed by atoms with Crippen LogP contribution in [0.1, 0.15) is 49.9 Å². The highest BCUT2D eigenvalue weighted by atomic mass is 35.5. The Morgan fingerprint density at radius 3 is 2.23 bits per heavy atom. The second-order valence-corrected chi connectivity index (χ2v) is 9.23. The number of fused-ring (bicyclic) bond motifs is 3. The van der Waals surface area contributed by atoms with E-state index in [1.54, 1.807) is 0 Å². The van der Waals surface area contributed by atoms with E-state index in [2.05, 4.69) is 59.9 Å². The molecule has 2 aromatic carbocycles. The highest BCUT2D eigenvalue weighted by Crippen LogP contribution is 2.38. The number of carbonyl (C=O) groups is 1. The van der Waals surface area contributed by atoms with Crippen LogP contribution >= 0.6 is 12.4 Å². The third kappa shape index (κ3) is 3.77. The number of halogens is 1. The fraction of sp³-hybridized carbons (Fsp3) is 0.423. The van der Waals surface area contributed by atoms with E-state index in [-0.39, 0.29) is 24.4 Å². The topological polar surface area (TPSA) is 37.3 Å². The summed E-state index contributed by atoms with van der Waals surface area (Å²) in [6.07, 6.45) is 4.65. The van der Waals surface area contributed by atoms with Gasteiger partial charge in [-0.1, -0.05) is 48.5 Å². The van der Waals surface area contributed by atoms with E-state index >= 15 is 0 Å². The maximum Gasteiger partial charge on any atom is 0.254 e. The number of aromatic nitrogens is 1. The number of para-hydroxylation sites is 1. The van der Waals surface area contributed by atoms with Crippen molar-refractivity contribution in [2.24, 2.45) is 7.05 Å². The molecule has 0 spiro atoms. The molecule has 0 unspecified atom stereocenters. The van der Waals surface area contributed by atoms with E-state index in [9.17, 15) is 4.79 Å². The summed E-state index contributed by atoms with van der Waals surface area (Å²) in [5.41, 5.74) is 3.97. The number of aryl methyl sites for hydroxylation is 1. The van der Waals surface area contributed by atoms with Crippen molar-refractivity contribution in [2.75, 3.05) is 0 Å². The van der Waals surface area contributed by atoms with Crippen molar-refractivity contribution in [3.05, 3.63) is 60.2 Å². The Kier molecular flexibility index (Phi) is 6.14. The fourth-order valence-corrected chi connectivity index (χ4v) is 5.99. The number of hydrogen-bond acceptors (Lipinski definition) is 2. The second-order valence-electron chi connectivity index (χ2n) is 9.23. The molecule has 0 radical (unpaired) electrons. The van der Waals surface area contributed by atoms with Crippen LogP contribution in [0.5, 0.6) is 0 Å². The van der Waals surface area contributed by atoms with Gasteiger partial charge in [-0.2, -0.15) is 0 Å². The van der Waals surface area contributed by atoms with Gasteiger partial charge in [-0.15, -0.1) is 12.4 Å². The van der Waals surface area contributed by atoms with Crippen molar-refractivity contribution >= 4 is 29.2 Å². The van der Waals surface area contributed by atoms with Crippen LogP contribution in [0, 0.1) is 0 Å². The Hall–Kier alpha value is -2.30. The number of carbonyl (C=O) groups excluding carboxylic acids is 1. The molecule has 31 heavy (non-hydrogen) atoms. The Balaban J connectivity index is 0.00000231. The molecule has 2 aliphatic heterocycles. The molecule has 3 atom stereocenters. The lowest BCUT2D eigenvalue weighted by Gasteiger charge is -2.41. The molecular formula is C26H32ClN3O. The first-order valence-corrected chi connectivity index (χ1v) is 11.3. The molecular weight excluding hydrogens is 406 g/mol. The first-order valence-electron chi connectivity index (χ1n) is 11.3. The van der Waals surface area contributed by atoms with E-state index in [1.807, 2.05) is 30.3 Å². The highest BCUT2D eigenvalue weighted by molar-refractivity contribution is 6.12. The molecule has 0 saturated carbocycles. The minimum absolute atomic E-state index is 0. The molecule has 2 fully saturated rings. The van der Waals surface area contributed by atoms with Crippen molar-refractivity contribution < 1.29 is 4.79 Å². The lowest BCUT2D eigenvalue weighted by atomic mass is 9.95. The standard InChI is InChI=1S/C26H31N3O.ClH/c1-17(2)29-20-13-14-21(29)16-19(15-20)27-26(30)24-22-11-7-8-12-23(22)28(3)25(24)18-9-5-4-6-10-18;/h4-12,17,19-21H,13-16H2,1-3H3,(H,27,30);1H/t19-,20+,21-;. The number of rotatable bonds is 4. The summed E-state index contributed by atoms with van der Waals surface area (Å²) in [6.45, 7) is 4.60. The Bertz CT molecular complexity index is 1060. The number of hydrogen-bond donors (Lipinski definition) is 1. The zero-order chi connectivity index (χ0) is 20.8. The molecule has 1 aromatic heterocycles. The maximum absolute atomic E-state index is 13.6. The number of amides is 1. The molecule has 1 N–H and O–H groups in total. The summed E-state index contributed by atoms with van der Waals surface area (Å²) in [5, 5.41) is 4.46. The minimum Gasteiger partial charge on any atom is -0.349 e. The van der Waals surface area contributed by atoms with Gasteiger partial charge in [-0.05, 0) is 51.2 Å². The lowest BCUT2D eigenvalue weighted by Crippen LogP contribution is -2.52. The van der Waals surface area contributed by atoms with Crippen LogP contribution in [-0.2, 0) is 7.05 Å². The summed E-state index contributed by atoms with van der Waals surface area (Å²) in [6, 6.07) is 20.6. The van der Waals surface area contributed by atoms with Crippen LogP contribution in [0.4, 0.5) is 0 Å². The molecule has 2 bridgehead atoms. The zero-order valence-electron chi connectivity index (χ0n) is 18.5. The Labute approximate surface area is 191 Å². The predicted molar refractivity (Wildman–Crippen MR) is 130 cm³/mol. The smallest absolute Gasteiger partial charge is 0.254 e. The van der Waals surface area contributed by atoms with E-state index in [4.69, 9.17) is 0 Å². The molecule has 5 heteroatoms. The van der Waals surface area contributed by atoms with Gasteiger partial charge in [0.1, 0.15) is 0 Å². The summed E-state index contributed by atoms with van der Waals surface area (Å²) in [4.78, 5) is 16.3. The summed E-state index contributed by atoms with van der Waals surface area (Å²) in [7, 11) is 2.06. The third-order valence-corrected chi connectivity index (χ3v) is 7.10. The van der Waals surface area contributed by atoms with Crippen LogP contribution in [0.3, 0.4) is 0 Å². The largest absolute Gasteiger partial charge is 0.349 e. The molecule has 3 heterocycles. The monoisotopic (exact) mass is 437 g/mol. The molecule has 4 nitrogen and oxygen atoms in total. The van der Waals surface area contributed by atoms with Gasteiger partial charge >= 0.3 is 0 Å². The van der Waals surface area contributed by atoms with Crippen LogP contribution in [0.25, 0.3) is 22.2 Å². The molecule has 164 valence electrons. The van der Waals surface area contributed by atoms with Crippen LogP contribution < -0.4 is 5.32 Å². The van der Waals surface area contributed by atoms with Gasteiger partial charge in [0.25, 0.3) is 5.91 Å². The summed E-state index contributed by atoms with van der Waals surface area (Å²) < 4.78 is 2.16. The highest BCUT2D eigenvalue weighted by Gasteiger charge is 2.42. The predicted octanol–water partition coefficient (Wildman–Crippen LogP) is 5.40. The molecule has 2 aliphatic rings. The van der Waals surface area contributed by atoms with Gasteiger partial charge in [0.2, 0.25) is 0 Å². The number of nitrogens with one attached hydrogen (secondary N) is 1. The van der Waals surface area contributed by atoms with E-state index in [0.29, 0.717) is 18.1 Å². The minimum atomic E-state index is 0. The average molecular weight is 438 g/mol. The van der Waals surface area contributed by atoms with Gasteiger partial charge < -0.3 is 9.88 Å². The molecule has 5 rings (SSSR count). The average Bonchev–Trinajstić information content (AvgIpc) is 3.20. The summed E-state index contributed by atoms with van der Waals surface area (Å²) >= 11 is 0. The fourth-order valence-electron chi connectivity index (χ4n) is 5.99. The molecule has 3 aromatic rings. The molecule has 0 aliphatic carbocycles.